The molecule has 6 nitrogen and oxygen atoms in total. The Morgan fingerprint density at radius 2 is 2.18 bits per heavy atom. The van der Waals surface area contributed by atoms with Gasteiger partial charge in [-0.25, -0.2) is 4.98 Å². The molecule has 0 bridgehead atoms. The highest BCUT2D eigenvalue weighted by atomic mass is 32.1. The summed E-state index contributed by atoms with van der Waals surface area (Å²) in [7, 11) is 0. The van der Waals surface area contributed by atoms with Gasteiger partial charge in [0.15, 0.2) is 10.8 Å². The number of nitrogens with one attached hydrogen (secondary N) is 1. The molecule has 0 unspecified atom stereocenters. The van der Waals surface area contributed by atoms with Gasteiger partial charge < -0.3 is 14.6 Å². The zero-order valence-corrected chi connectivity index (χ0v) is 13.1. The van der Waals surface area contributed by atoms with Gasteiger partial charge in [0, 0.05) is 18.0 Å². The zero-order valence-electron chi connectivity index (χ0n) is 12.3. The Kier molecular flexibility index (Phi) is 4.24. The molecule has 2 amide bonds. The van der Waals surface area contributed by atoms with E-state index in [2.05, 4.69) is 10.3 Å². The summed E-state index contributed by atoms with van der Waals surface area (Å²) < 4.78 is 5.29. The summed E-state index contributed by atoms with van der Waals surface area (Å²) in [4.78, 5) is 31.0. The third kappa shape index (κ3) is 3.04. The van der Waals surface area contributed by atoms with Crippen LogP contribution in [0.3, 0.4) is 0 Å². The number of likely N-dealkylation sites (tertiary alicyclic amines) is 1. The molecule has 1 fully saturated rings. The summed E-state index contributed by atoms with van der Waals surface area (Å²) in [6.07, 6.45) is 3.65. The highest BCUT2D eigenvalue weighted by Gasteiger charge is 2.21. The molecule has 0 radical (unpaired) electrons. The normalized spacial score (nSPS) is 14.3. The van der Waals surface area contributed by atoms with E-state index in [4.69, 9.17) is 4.42 Å². The number of nitrogens with zero attached hydrogens (tertiary/aromatic N) is 2. The standard InChI is InChI=1S/C15H17N3O3S/c1-10-13(17-15(22-10)11-5-4-8-21-11)14(20)16-9-12(19)18-6-2-3-7-18/h4-5,8H,2-3,6-7,9H2,1H3,(H,16,20). The van der Waals surface area contributed by atoms with Crippen molar-refractivity contribution in [2.24, 2.45) is 0 Å². The first-order valence-electron chi connectivity index (χ1n) is 7.22. The number of furan rings is 1. The van der Waals surface area contributed by atoms with Crippen molar-refractivity contribution in [1.82, 2.24) is 15.2 Å². The lowest BCUT2D eigenvalue weighted by Gasteiger charge is -2.15. The predicted octanol–water partition coefficient (Wildman–Crippen LogP) is 2.06. The molecule has 0 atom stereocenters. The third-order valence-electron chi connectivity index (χ3n) is 3.60. The van der Waals surface area contributed by atoms with Gasteiger partial charge in [0.25, 0.3) is 5.91 Å². The van der Waals surface area contributed by atoms with Crippen LogP contribution in [-0.2, 0) is 4.79 Å². The number of hydrogen-bond acceptors (Lipinski definition) is 5. The molecule has 116 valence electrons. The minimum atomic E-state index is -0.320. The molecule has 2 aromatic heterocycles. The lowest BCUT2D eigenvalue weighted by Crippen LogP contribution is -2.38. The van der Waals surface area contributed by atoms with Crippen molar-refractivity contribution in [2.75, 3.05) is 19.6 Å². The van der Waals surface area contributed by atoms with E-state index < -0.39 is 0 Å². The van der Waals surface area contributed by atoms with Crippen LogP contribution in [0.15, 0.2) is 22.8 Å². The van der Waals surface area contributed by atoms with Crippen molar-refractivity contribution in [1.29, 1.82) is 0 Å². The predicted molar refractivity (Wildman–Crippen MR) is 82.7 cm³/mol. The molecule has 1 saturated heterocycles. The van der Waals surface area contributed by atoms with Crippen molar-refractivity contribution in [3.05, 3.63) is 29.0 Å². The average molecular weight is 319 g/mol. The van der Waals surface area contributed by atoms with Gasteiger partial charge in [-0.2, -0.15) is 0 Å². The Morgan fingerprint density at radius 3 is 2.86 bits per heavy atom. The SMILES string of the molecule is Cc1sc(-c2ccco2)nc1C(=O)NCC(=O)N1CCCC1. The van der Waals surface area contributed by atoms with Crippen LogP contribution < -0.4 is 5.32 Å². The molecule has 2 aromatic rings. The average Bonchev–Trinajstić information content (AvgIpc) is 3.23. The summed E-state index contributed by atoms with van der Waals surface area (Å²) in [6.45, 7) is 3.42. The van der Waals surface area contributed by atoms with Crippen LogP contribution in [0.2, 0.25) is 0 Å². The maximum atomic E-state index is 12.2. The number of amides is 2. The molecular weight excluding hydrogens is 302 g/mol. The first kappa shape index (κ1) is 14.8. The maximum absolute atomic E-state index is 12.2. The Morgan fingerprint density at radius 1 is 1.41 bits per heavy atom. The van der Waals surface area contributed by atoms with Crippen molar-refractivity contribution in [3.8, 4) is 10.8 Å². The Labute approximate surface area is 132 Å². The highest BCUT2D eigenvalue weighted by Crippen LogP contribution is 2.27. The van der Waals surface area contributed by atoms with E-state index in [1.54, 1.807) is 23.3 Å². The van der Waals surface area contributed by atoms with Crippen LogP contribution >= 0.6 is 11.3 Å². The molecule has 0 saturated carbocycles. The molecule has 0 aliphatic carbocycles. The first-order chi connectivity index (χ1) is 10.6. The van der Waals surface area contributed by atoms with Gasteiger partial charge in [-0.3, -0.25) is 9.59 Å². The lowest BCUT2D eigenvalue weighted by molar-refractivity contribution is -0.129. The summed E-state index contributed by atoms with van der Waals surface area (Å²) in [5, 5.41) is 3.32. The molecule has 1 aliphatic heterocycles. The second kappa shape index (κ2) is 6.31. The van der Waals surface area contributed by atoms with E-state index in [0.29, 0.717) is 16.5 Å². The molecule has 0 spiro atoms. The van der Waals surface area contributed by atoms with Crippen LogP contribution in [0.4, 0.5) is 0 Å². The topological polar surface area (TPSA) is 75.4 Å². The molecular formula is C15H17N3O3S. The fraction of sp³-hybridized carbons (Fsp3) is 0.400. The Balaban J connectivity index is 1.63. The van der Waals surface area contributed by atoms with Crippen LogP contribution in [0, 0.1) is 6.92 Å². The van der Waals surface area contributed by atoms with Gasteiger partial charge in [-0.1, -0.05) is 0 Å². The van der Waals surface area contributed by atoms with Gasteiger partial charge in [-0.05, 0) is 31.9 Å². The molecule has 3 rings (SSSR count). The van der Waals surface area contributed by atoms with Gasteiger partial charge >= 0.3 is 0 Å². The minimum Gasteiger partial charge on any atom is -0.462 e. The number of thiazole rings is 1. The van der Waals surface area contributed by atoms with Crippen LogP contribution in [-0.4, -0.2) is 41.3 Å². The summed E-state index contributed by atoms with van der Waals surface area (Å²) >= 11 is 1.40. The van der Waals surface area contributed by atoms with E-state index in [0.717, 1.165) is 30.8 Å². The quantitative estimate of drug-likeness (QED) is 0.936. The van der Waals surface area contributed by atoms with Crippen LogP contribution in [0.25, 0.3) is 10.8 Å². The molecule has 7 heteroatoms. The first-order valence-corrected chi connectivity index (χ1v) is 8.04. The molecule has 0 aromatic carbocycles. The molecule has 3 heterocycles. The van der Waals surface area contributed by atoms with Crippen molar-refractivity contribution >= 4 is 23.2 Å². The number of rotatable bonds is 4. The van der Waals surface area contributed by atoms with E-state index in [9.17, 15) is 9.59 Å². The van der Waals surface area contributed by atoms with Gasteiger partial charge in [0.2, 0.25) is 5.91 Å². The van der Waals surface area contributed by atoms with Crippen LogP contribution in [0.1, 0.15) is 28.2 Å². The number of carbonyl (C=O) groups excluding carboxylic acids is 2. The minimum absolute atomic E-state index is 0.0197. The molecule has 22 heavy (non-hydrogen) atoms. The molecule has 1 aliphatic rings. The van der Waals surface area contributed by atoms with E-state index >= 15 is 0 Å². The third-order valence-corrected chi connectivity index (χ3v) is 4.59. The highest BCUT2D eigenvalue weighted by molar-refractivity contribution is 7.15. The number of aryl methyl sites for hydroxylation is 1. The van der Waals surface area contributed by atoms with Crippen molar-refractivity contribution in [2.45, 2.75) is 19.8 Å². The lowest BCUT2D eigenvalue weighted by atomic mass is 10.3. The monoisotopic (exact) mass is 319 g/mol. The maximum Gasteiger partial charge on any atom is 0.271 e. The second-order valence-electron chi connectivity index (χ2n) is 5.17. The van der Waals surface area contributed by atoms with Crippen LogP contribution in [0.5, 0.6) is 0 Å². The van der Waals surface area contributed by atoms with Gasteiger partial charge in [0.1, 0.15) is 5.69 Å². The smallest absolute Gasteiger partial charge is 0.271 e. The number of aromatic nitrogens is 1. The van der Waals surface area contributed by atoms with Crippen molar-refractivity contribution in [3.63, 3.8) is 0 Å². The van der Waals surface area contributed by atoms with Gasteiger partial charge in [0.05, 0.1) is 12.8 Å². The van der Waals surface area contributed by atoms with E-state index in [-0.39, 0.29) is 18.4 Å². The van der Waals surface area contributed by atoms with Gasteiger partial charge in [-0.15, -0.1) is 11.3 Å². The number of carbonyl (C=O) groups is 2. The van der Waals surface area contributed by atoms with Crippen molar-refractivity contribution < 1.29 is 14.0 Å². The Hall–Kier alpha value is -2.15. The summed E-state index contributed by atoms with van der Waals surface area (Å²) in [5.74, 6) is 0.282. The fourth-order valence-electron chi connectivity index (χ4n) is 2.43. The van der Waals surface area contributed by atoms with E-state index in [1.807, 2.05) is 6.92 Å². The van der Waals surface area contributed by atoms with E-state index in [1.165, 1.54) is 11.3 Å². The number of hydrogen-bond donors (Lipinski definition) is 1. The zero-order chi connectivity index (χ0) is 15.5. The second-order valence-corrected chi connectivity index (χ2v) is 6.37. The fourth-order valence-corrected chi connectivity index (χ4v) is 3.31. The Bertz CT molecular complexity index is 672. The summed E-state index contributed by atoms with van der Waals surface area (Å²) in [6, 6.07) is 3.58. The largest absolute Gasteiger partial charge is 0.462 e. The summed E-state index contributed by atoms with van der Waals surface area (Å²) in [5.41, 5.74) is 0.352. The molecule has 1 N–H and O–H groups in total.